The van der Waals surface area contributed by atoms with E-state index in [0.717, 1.165) is 30.7 Å². The maximum Gasteiger partial charge on any atom is 0.139 e. The summed E-state index contributed by atoms with van der Waals surface area (Å²) in [5.41, 5.74) is 6.54. The van der Waals surface area contributed by atoms with Gasteiger partial charge in [-0.3, -0.25) is 0 Å². The van der Waals surface area contributed by atoms with E-state index in [2.05, 4.69) is 16.8 Å². The lowest BCUT2D eigenvalue weighted by Gasteiger charge is -2.32. The molecule has 1 aliphatic rings. The zero-order chi connectivity index (χ0) is 13.4. The molecule has 1 aromatic carbocycles. The number of anilines is 2. The third kappa shape index (κ3) is 2.11. The number of fused-ring (bicyclic) bond motifs is 1. The Morgan fingerprint density at radius 2 is 2.21 bits per heavy atom. The summed E-state index contributed by atoms with van der Waals surface area (Å²) in [5.74, 6) is 1.11. The van der Waals surface area contributed by atoms with Gasteiger partial charge < -0.3 is 10.6 Å². The summed E-state index contributed by atoms with van der Waals surface area (Å²) in [6.07, 6.45) is 4.07. The van der Waals surface area contributed by atoms with E-state index in [4.69, 9.17) is 5.73 Å². The second-order valence-corrected chi connectivity index (χ2v) is 5.39. The van der Waals surface area contributed by atoms with Crippen LogP contribution in [0.25, 0.3) is 10.8 Å². The molecule has 0 radical (unpaired) electrons. The molecule has 1 aliphatic heterocycles. The summed E-state index contributed by atoms with van der Waals surface area (Å²) >= 11 is 0. The van der Waals surface area contributed by atoms with E-state index >= 15 is 0 Å². The molecule has 100 valence electrons. The highest BCUT2D eigenvalue weighted by atomic mass is 19.1. The zero-order valence-corrected chi connectivity index (χ0v) is 11.1. The van der Waals surface area contributed by atoms with Crippen molar-refractivity contribution in [3.05, 3.63) is 30.2 Å². The molecule has 0 saturated carbocycles. The Kier molecular flexibility index (Phi) is 3.01. The van der Waals surface area contributed by atoms with Crippen molar-refractivity contribution in [3.63, 3.8) is 0 Å². The summed E-state index contributed by atoms with van der Waals surface area (Å²) in [6.45, 7) is 4.09. The first-order valence-corrected chi connectivity index (χ1v) is 6.74. The summed E-state index contributed by atoms with van der Waals surface area (Å²) in [5, 5.41) is 1.31. The third-order valence-corrected chi connectivity index (χ3v) is 3.85. The number of halogens is 1. The molecule has 0 bridgehead atoms. The lowest BCUT2D eigenvalue weighted by Crippen LogP contribution is -2.35. The molecule has 3 rings (SSSR count). The first-order valence-electron chi connectivity index (χ1n) is 6.74. The fraction of sp³-hybridized carbons (Fsp3) is 0.400. The van der Waals surface area contributed by atoms with Crippen LogP contribution in [-0.2, 0) is 0 Å². The van der Waals surface area contributed by atoms with Gasteiger partial charge in [-0.25, -0.2) is 9.37 Å². The fourth-order valence-electron chi connectivity index (χ4n) is 2.88. The molecule has 3 nitrogen and oxygen atoms in total. The minimum atomic E-state index is -0.245. The molecule has 2 heterocycles. The highest BCUT2D eigenvalue weighted by Gasteiger charge is 2.21. The van der Waals surface area contributed by atoms with Gasteiger partial charge in [-0.2, -0.15) is 0 Å². The van der Waals surface area contributed by atoms with Gasteiger partial charge in [-0.05, 0) is 37.0 Å². The van der Waals surface area contributed by atoms with E-state index in [1.807, 2.05) is 0 Å². The van der Waals surface area contributed by atoms with Crippen LogP contribution in [-0.4, -0.2) is 18.1 Å². The molecular weight excluding hydrogens is 241 g/mol. The van der Waals surface area contributed by atoms with Gasteiger partial charge in [0.1, 0.15) is 11.6 Å². The minimum absolute atomic E-state index is 0.245. The smallest absolute Gasteiger partial charge is 0.139 e. The van der Waals surface area contributed by atoms with E-state index in [1.54, 1.807) is 18.3 Å². The SMILES string of the molecule is CC1CCCN(c2nccc3c(N)ccc(F)c23)C1. The van der Waals surface area contributed by atoms with Gasteiger partial charge in [-0.15, -0.1) is 0 Å². The molecule has 19 heavy (non-hydrogen) atoms. The van der Waals surface area contributed by atoms with Gasteiger partial charge in [0.05, 0.1) is 5.39 Å². The molecule has 1 fully saturated rings. The number of nitrogens with zero attached hydrogens (tertiary/aromatic N) is 2. The van der Waals surface area contributed by atoms with Crippen molar-refractivity contribution in [2.45, 2.75) is 19.8 Å². The number of piperidine rings is 1. The first-order chi connectivity index (χ1) is 9.16. The van der Waals surface area contributed by atoms with Crippen molar-refractivity contribution < 1.29 is 4.39 Å². The van der Waals surface area contributed by atoms with Crippen LogP contribution in [0.3, 0.4) is 0 Å². The summed E-state index contributed by atoms with van der Waals surface area (Å²) in [4.78, 5) is 6.58. The van der Waals surface area contributed by atoms with Crippen molar-refractivity contribution in [2.75, 3.05) is 23.7 Å². The molecule has 1 atom stereocenters. The quantitative estimate of drug-likeness (QED) is 0.800. The van der Waals surface area contributed by atoms with Crippen LogP contribution in [0, 0.1) is 11.7 Å². The number of nitrogens with two attached hydrogens (primary N) is 1. The van der Waals surface area contributed by atoms with E-state index in [0.29, 0.717) is 17.0 Å². The second kappa shape index (κ2) is 4.68. The van der Waals surface area contributed by atoms with Crippen molar-refractivity contribution in [1.82, 2.24) is 4.98 Å². The first kappa shape index (κ1) is 12.2. The maximum absolute atomic E-state index is 14.2. The molecule has 2 N–H and O–H groups in total. The Morgan fingerprint density at radius 1 is 1.37 bits per heavy atom. The van der Waals surface area contributed by atoms with Gasteiger partial charge in [0.2, 0.25) is 0 Å². The molecule has 4 heteroatoms. The van der Waals surface area contributed by atoms with Crippen LogP contribution in [0.5, 0.6) is 0 Å². The topological polar surface area (TPSA) is 42.2 Å². The van der Waals surface area contributed by atoms with E-state index in [1.165, 1.54) is 12.5 Å². The molecule has 1 aromatic heterocycles. The zero-order valence-electron chi connectivity index (χ0n) is 11.1. The van der Waals surface area contributed by atoms with Crippen LogP contribution in [0.1, 0.15) is 19.8 Å². The highest BCUT2D eigenvalue weighted by Crippen LogP contribution is 2.32. The maximum atomic E-state index is 14.2. The van der Waals surface area contributed by atoms with Gasteiger partial charge in [-0.1, -0.05) is 6.92 Å². The third-order valence-electron chi connectivity index (χ3n) is 3.85. The number of hydrogen-bond acceptors (Lipinski definition) is 3. The molecule has 0 aliphatic carbocycles. The molecule has 1 unspecified atom stereocenters. The summed E-state index contributed by atoms with van der Waals surface area (Å²) in [7, 11) is 0. The van der Waals surface area contributed by atoms with Gasteiger partial charge in [0.25, 0.3) is 0 Å². The number of pyridine rings is 1. The Hall–Kier alpha value is -1.84. The predicted octanol–water partition coefficient (Wildman–Crippen LogP) is 3.19. The van der Waals surface area contributed by atoms with Gasteiger partial charge >= 0.3 is 0 Å². The van der Waals surface area contributed by atoms with E-state index in [-0.39, 0.29) is 5.82 Å². The average Bonchev–Trinajstić information content (AvgIpc) is 2.42. The molecule has 1 saturated heterocycles. The van der Waals surface area contributed by atoms with Crippen LogP contribution < -0.4 is 10.6 Å². The van der Waals surface area contributed by atoms with Crippen molar-refractivity contribution >= 4 is 22.3 Å². The monoisotopic (exact) mass is 259 g/mol. The average molecular weight is 259 g/mol. The molecular formula is C15H18FN3. The van der Waals surface area contributed by atoms with E-state index in [9.17, 15) is 4.39 Å². The highest BCUT2D eigenvalue weighted by molar-refractivity contribution is 5.99. The molecule has 0 amide bonds. The van der Waals surface area contributed by atoms with Crippen LogP contribution in [0.4, 0.5) is 15.9 Å². The van der Waals surface area contributed by atoms with Crippen molar-refractivity contribution in [1.29, 1.82) is 0 Å². The van der Waals surface area contributed by atoms with E-state index < -0.39 is 0 Å². The minimum Gasteiger partial charge on any atom is -0.398 e. The normalized spacial score (nSPS) is 19.9. The number of nitrogen functional groups attached to an aromatic ring is 1. The van der Waals surface area contributed by atoms with Gasteiger partial charge in [0.15, 0.2) is 0 Å². The van der Waals surface area contributed by atoms with Crippen LogP contribution in [0.15, 0.2) is 24.4 Å². The molecule has 2 aromatic rings. The number of rotatable bonds is 1. The number of benzene rings is 1. The summed E-state index contributed by atoms with van der Waals surface area (Å²) < 4.78 is 14.2. The Balaban J connectivity index is 2.15. The second-order valence-electron chi connectivity index (χ2n) is 5.39. The Morgan fingerprint density at radius 3 is 3.00 bits per heavy atom. The Bertz CT molecular complexity index is 612. The lowest BCUT2D eigenvalue weighted by atomic mass is 9.99. The number of hydrogen-bond donors (Lipinski definition) is 1. The fourth-order valence-corrected chi connectivity index (χ4v) is 2.88. The standard InChI is InChI=1S/C15H18FN3/c1-10-3-2-8-19(9-10)15-14-11(6-7-18-15)13(17)5-4-12(14)16/h4-7,10H,2-3,8-9,17H2,1H3. The largest absolute Gasteiger partial charge is 0.398 e. The van der Waals surface area contributed by atoms with Gasteiger partial charge in [0, 0.05) is 30.4 Å². The van der Waals surface area contributed by atoms with Crippen molar-refractivity contribution in [3.8, 4) is 0 Å². The van der Waals surface area contributed by atoms with Crippen LogP contribution in [0.2, 0.25) is 0 Å². The predicted molar refractivity (Wildman–Crippen MR) is 76.7 cm³/mol. The molecule has 0 spiro atoms. The lowest BCUT2D eigenvalue weighted by molar-refractivity contribution is 0.445. The summed E-state index contributed by atoms with van der Waals surface area (Å²) in [6, 6.07) is 4.82. The number of aromatic nitrogens is 1. The van der Waals surface area contributed by atoms with Crippen molar-refractivity contribution in [2.24, 2.45) is 5.92 Å². The Labute approximate surface area is 112 Å². The van der Waals surface area contributed by atoms with Crippen LogP contribution >= 0.6 is 0 Å².